The number of fused-ring (bicyclic) bond motifs is 4. The molecule has 6 rings (SSSR count). The summed E-state index contributed by atoms with van der Waals surface area (Å²) in [6.07, 6.45) is 10.5. The van der Waals surface area contributed by atoms with Crippen molar-refractivity contribution in [2.75, 3.05) is 0 Å². The van der Waals surface area contributed by atoms with E-state index in [4.69, 9.17) is 4.74 Å². The third-order valence-corrected chi connectivity index (χ3v) is 10.5. The van der Waals surface area contributed by atoms with E-state index >= 15 is 0 Å². The van der Waals surface area contributed by atoms with Crippen molar-refractivity contribution in [3.05, 3.63) is 30.1 Å². The molecule has 5 fully saturated rings. The van der Waals surface area contributed by atoms with Crippen LogP contribution in [-0.4, -0.2) is 33.2 Å². The normalized spacial score (nSPS) is 52.9. The fourth-order valence-electron chi connectivity index (χ4n) is 8.70. The SMILES string of the molecule is C[C@]12CC[C@H]3[C@@H](CC[C@]45O[C@H]4C(=O)CC[C@]35C)[C@@H]1CC[C@@]2(O)Cc1ccccn1. The molecule has 2 heterocycles. The molecule has 0 unspecified atom stereocenters. The number of pyridine rings is 1. The fourth-order valence-corrected chi connectivity index (χ4v) is 8.70. The highest BCUT2D eigenvalue weighted by molar-refractivity contribution is 5.88. The van der Waals surface area contributed by atoms with Crippen LogP contribution in [0.2, 0.25) is 0 Å². The maximum Gasteiger partial charge on any atom is 0.164 e. The third-order valence-electron chi connectivity index (χ3n) is 10.5. The first-order valence-corrected chi connectivity index (χ1v) is 11.7. The summed E-state index contributed by atoms with van der Waals surface area (Å²) in [5.41, 5.74) is 0.292. The molecule has 4 heteroatoms. The third kappa shape index (κ3) is 2.18. The first-order valence-electron chi connectivity index (χ1n) is 11.7. The number of nitrogens with zero attached hydrogens (tertiary/aromatic N) is 1. The van der Waals surface area contributed by atoms with Gasteiger partial charge in [0, 0.05) is 30.1 Å². The molecule has 5 aliphatic rings. The lowest BCUT2D eigenvalue weighted by Gasteiger charge is -2.60. The smallest absolute Gasteiger partial charge is 0.164 e. The first kappa shape index (κ1) is 18.5. The van der Waals surface area contributed by atoms with Crippen LogP contribution >= 0.6 is 0 Å². The number of carbonyl (C=O) groups excluding carboxylic acids is 1. The maximum absolute atomic E-state index is 12.3. The van der Waals surface area contributed by atoms with Gasteiger partial charge in [-0.15, -0.1) is 0 Å². The molecule has 0 bridgehead atoms. The molecular formula is C25H33NO3. The number of ether oxygens (including phenoxy) is 1. The average Bonchev–Trinajstić information content (AvgIpc) is 3.40. The number of epoxide rings is 1. The van der Waals surface area contributed by atoms with E-state index < -0.39 is 5.60 Å². The van der Waals surface area contributed by atoms with Crippen molar-refractivity contribution >= 4 is 5.78 Å². The molecule has 1 aromatic heterocycles. The molecular weight excluding hydrogens is 362 g/mol. The molecule has 0 aromatic carbocycles. The van der Waals surface area contributed by atoms with E-state index in [1.807, 2.05) is 18.3 Å². The molecule has 1 aliphatic heterocycles. The second-order valence-electron chi connectivity index (χ2n) is 11.2. The Labute approximate surface area is 173 Å². The molecule has 0 amide bonds. The highest BCUT2D eigenvalue weighted by Crippen LogP contribution is 2.73. The number of aliphatic hydroxyl groups is 1. The standard InChI is InChI=1S/C25H33NO3/c1-22-10-7-19-17(6-13-25-21(29-25)20(27)9-11-23(19,25)2)18(22)8-12-24(22,28)15-16-5-3-4-14-26-16/h3-5,14,17-19,21,28H,6-13,15H2,1-2H3/t17-,18-,19-,21-,22-,23+,24+,25-/m0/s1. The predicted molar refractivity (Wildman–Crippen MR) is 109 cm³/mol. The maximum atomic E-state index is 12.3. The molecule has 1 aromatic rings. The molecule has 29 heavy (non-hydrogen) atoms. The molecule has 0 radical (unpaired) electrons. The molecule has 4 nitrogen and oxygen atoms in total. The molecule has 1 saturated heterocycles. The minimum Gasteiger partial charge on any atom is -0.389 e. The Kier molecular flexibility index (Phi) is 3.64. The predicted octanol–water partition coefficient (Wildman–Crippen LogP) is 4.10. The van der Waals surface area contributed by atoms with Crippen LogP contribution in [0.5, 0.6) is 0 Å². The van der Waals surface area contributed by atoms with Gasteiger partial charge in [0.15, 0.2) is 5.78 Å². The summed E-state index contributed by atoms with van der Waals surface area (Å²) < 4.78 is 6.18. The Morgan fingerprint density at radius 1 is 1.07 bits per heavy atom. The number of hydrogen-bond acceptors (Lipinski definition) is 4. The number of aromatic nitrogens is 1. The topological polar surface area (TPSA) is 62.7 Å². The van der Waals surface area contributed by atoms with Gasteiger partial charge in [0.05, 0.1) is 5.60 Å². The molecule has 8 atom stereocenters. The Morgan fingerprint density at radius 2 is 1.86 bits per heavy atom. The summed E-state index contributed by atoms with van der Waals surface area (Å²) in [6, 6.07) is 6.02. The lowest BCUT2D eigenvalue weighted by Crippen LogP contribution is -2.60. The zero-order valence-corrected chi connectivity index (χ0v) is 17.7. The molecule has 156 valence electrons. The Bertz CT molecular complexity index is 857. The number of Topliss-reactive ketones (excluding diaryl/α,β-unsaturated/α-hetero) is 1. The fraction of sp³-hybridized carbons (Fsp3) is 0.760. The summed E-state index contributed by atoms with van der Waals surface area (Å²) in [4.78, 5) is 16.8. The van der Waals surface area contributed by atoms with E-state index in [9.17, 15) is 9.90 Å². The van der Waals surface area contributed by atoms with Crippen LogP contribution in [0.25, 0.3) is 0 Å². The van der Waals surface area contributed by atoms with Gasteiger partial charge in [0.25, 0.3) is 0 Å². The van der Waals surface area contributed by atoms with Gasteiger partial charge in [0.2, 0.25) is 0 Å². The van der Waals surface area contributed by atoms with Crippen molar-refractivity contribution in [2.45, 2.75) is 88.9 Å². The number of ketones is 1. The van der Waals surface area contributed by atoms with Crippen LogP contribution in [0.1, 0.15) is 70.9 Å². The number of carbonyl (C=O) groups is 1. The monoisotopic (exact) mass is 395 g/mol. The van der Waals surface area contributed by atoms with Gasteiger partial charge in [-0.3, -0.25) is 9.78 Å². The summed E-state index contributed by atoms with van der Waals surface area (Å²) >= 11 is 0. The number of hydrogen-bond donors (Lipinski definition) is 1. The van der Waals surface area contributed by atoms with Crippen LogP contribution in [-0.2, 0) is 16.0 Å². The largest absolute Gasteiger partial charge is 0.389 e. The zero-order chi connectivity index (χ0) is 20.1. The summed E-state index contributed by atoms with van der Waals surface area (Å²) in [5.74, 6) is 2.19. The molecule has 1 N–H and O–H groups in total. The lowest BCUT2D eigenvalue weighted by molar-refractivity contribution is -0.153. The molecule has 4 saturated carbocycles. The van der Waals surface area contributed by atoms with Gasteiger partial charge in [0.1, 0.15) is 11.7 Å². The average molecular weight is 396 g/mol. The van der Waals surface area contributed by atoms with Crippen LogP contribution in [0, 0.1) is 28.6 Å². The van der Waals surface area contributed by atoms with Crippen LogP contribution in [0.3, 0.4) is 0 Å². The minimum absolute atomic E-state index is 0.0408. The summed E-state index contributed by atoms with van der Waals surface area (Å²) in [5, 5.41) is 11.9. The van der Waals surface area contributed by atoms with E-state index in [0.717, 1.165) is 50.6 Å². The Hall–Kier alpha value is -1.26. The summed E-state index contributed by atoms with van der Waals surface area (Å²) in [6.45, 7) is 4.78. The second kappa shape index (κ2) is 5.70. The van der Waals surface area contributed by atoms with Gasteiger partial charge in [-0.2, -0.15) is 0 Å². The van der Waals surface area contributed by atoms with Crippen molar-refractivity contribution in [3.63, 3.8) is 0 Å². The van der Waals surface area contributed by atoms with Gasteiger partial charge >= 0.3 is 0 Å². The van der Waals surface area contributed by atoms with E-state index in [1.165, 1.54) is 0 Å². The zero-order valence-electron chi connectivity index (χ0n) is 17.7. The molecule has 1 spiro atoms. The van der Waals surface area contributed by atoms with E-state index in [-0.39, 0.29) is 22.5 Å². The van der Waals surface area contributed by atoms with Gasteiger partial charge in [-0.05, 0) is 80.2 Å². The second-order valence-corrected chi connectivity index (χ2v) is 11.2. The van der Waals surface area contributed by atoms with Gasteiger partial charge in [-0.25, -0.2) is 0 Å². The van der Waals surface area contributed by atoms with Crippen molar-refractivity contribution in [3.8, 4) is 0 Å². The highest BCUT2D eigenvalue weighted by atomic mass is 16.6. The van der Waals surface area contributed by atoms with Gasteiger partial charge in [-0.1, -0.05) is 19.9 Å². The molecule has 4 aliphatic carbocycles. The van der Waals surface area contributed by atoms with E-state index in [2.05, 4.69) is 24.9 Å². The minimum atomic E-state index is -0.659. The summed E-state index contributed by atoms with van der Waals surface area (Å²) in [7, 11) is 0. The number of rotatable bonds is 2. The van der Waals surface area contributed by atoms with E-state index in [0.29, 0.717) is 36.4 Å². The quantitative estimate of drug-likeness (QED) is 0.766. The Morgan fingerprint density at radius 3 is 2.66 bits per heavy atom. The van der Waals surface area contributed by atoms with Crippen molar-refractivity contribution in [1.82, 2.24) is 4.98 Å². The van der Waals surface area contributed by atoms with E-state index in [1.54, 1.807) is 0 Å². The first-order chi connectivity index (χ1) is 13.8. The Balaban J connectivity index is 1.30. The van der Waals surface area contributed by atoms with Crippen molar-refractivity contribution in [2.24, 2.45) is 28.6 Å². The highest BCUT2D eigenvalue weighted by Gasteiger charge is 2.77. The van der Waals surface area contributed by atoms with Crippen LogP contribution < -0.4 is 0 Å². The van der Waals surface area contributed by atoms with Crippen LogP contribution in [0.15, 0.2) is 24.4 Å². The van der Waals surface area contributed by atoms with Gasteiger partial charge < -0.3 is 9.84 Å². The lowest BCUT2D eigenvalue weighted by atomic mass is 9.44. The van der Waals surface area contributed by atoms with Crippen molar-refractivity contribution in [1.29, 1.82) is 0 Å². The van der Waals surface area contributed by atoms with Crippen LogP contribution in [0.4, 0.5) is 0 Å². The van der Waals surface area contributed by atoms with Crippen molar-refractivity contribution < 1.29 is 14.6 Å².